The summed E-state index contributed by atoms with van der Waals surface area (Å²) in [5, 5.41) is 2.37. The van der Waals surface area contributed by atoms with Gasteiger partial charge in [0.2, 0.25) is 0 Å². The van der Waals surface area contributed by atoms with E-state index in [0.29, 0.717) is 12.0 Å². The molecule has 1 nitrogen and oxygen atoms in total. The van der Waals surface area contributed by atoms with E-state index in [-0.39, 0.29) is 0 Å². The Morgan fingerprint density at radius 3 is 2.48 bits per heavy atom. The fourth-order valence-corrected chi connectivity index (χ4v) is 2.33. The molecule has 0 spiro atoms. The maximum Gasteiger partial charge on any atom is 0.120 e. The summed E-state index contributed by atoms with van der Waals surface area (Å²) in [5.41, 5.74) is 1.03. The van der Waals surface area contributed by atoms with E-state index in [1.807, 2.05) is 12.1 Å². The molecule has 2 aromatic carbocycles. The van der Waals surface area contributed by atoms with Crippen LogP contribution in [-0.2, 0) is 0 Å². The summed E-state index contributed by atoms with van der Waals surface area (Å²) in [5.74, 6) is 7.72. The van der Waals surface area contributed by atoms with Gasteiger partial charge in [-0.25, -0.2) is 0 Å². The Morgan fingerprint density at radius 1 is 1.05 bits per heavy atom. The minimum absolute atomic E-state index is 0.295. The van der Waals surface area contributed by atoms with Crippen molar-refractivity contribution in [3.05, 3.63) is 42.0 Å². The second-order valence-corrected chi connectivity index (χ2v) is 5.40. The second-order valence-electron chi connectivity index (χ2n) is 5.02. The van der Waals surface area contributed by atoms with Gasteiger partial charge in [-0.3, -0.25) is 0 Å². The van der Waals surface area contributed by atoms with Crippen molar-refractivity contribution in [3.63, 3.8) is 0 Å². The minimum atomic E-state index is 0.295. The van der Waals surface area contributed by atoms with Crippen molar-refractivity contribution in [2.45, 2.75) is 39.2 Å². The molecule has 2 rings (SSSR count). The lowest BCUT2D eigenvalue weighted by atomic mass is 10.1. The zero-order valence-electron chi connectivity index (χ0n) is 12.7. The third kappa shape index (κ3) is 4.41. The van der Waals surface area contributed by atoms with Gasteiger partial charge in [-0.1, -0.05) is 37.8 Å². The molecular weight excluding hydrogens is 280 g/mol. The average molecular weight is 301 g/mol. The van der Waals surface area contributed by atoms with Gasteiger partial charge in [-0.05, 0) is 47.9 Å². The number of ether oxygens (including phenoxy) is 1. The van der Waals surface area contributed by atoms with Crippen LogP contribution >= 0.6 is 11.6 Å². The molecule has 0 fully saturated rings. The van der Waals surface area contributed by atoms with Gasteiger partial charge in [0.15, 0.2) is 0 Å². The van der Waals surface area contributed by atoms with Gasteiger partial charge in [0, 0.05) is 17.9 Å². The monoisotopic (exact) mass is 300 g/mol. The first-order chi connectivity index (χ1) is 10.3. The summed E-state index contributed by atoms with van der Waals surface area (Å²) < 4.78 is 5.99. The molecule has 0 unspecified atom stereocenters. The van der Waals surface area contributed by atoms with E-state index in [1.54, 1.807) is 0 Å². The van der Waals surface area contributed by atoms with Crippen LogP contribution < -0.4 is 4.74 Å². The van der Waals surface area contributed by atoms with Gasteiger partial charge < -0.3 is 4.74 Å². The predicted molar refractivity (Wildman–Crippen MR) is 91.2 cm³/mol. The second kappa shape index (κ2) is 7.96. The molecule has 0 aromatic heterocycles. The van der Waals surface area contributed by atoms with Crippen molar-refractivity contribution in [2.24, 2.45) is 0 Å². The molecule has 2 heteroatoms. The highest BCUT2D eigenvalue weighted by Crippen LogP contribution is 2.23. The molecule has 110 valence electrons. The molecule has 0 aliphatic carbocycles. The third-order valence-electron chi connectivity index (χ3n) is 3.48. The number of halogens is 1. The molecule has 0 aliphatic heterocycles. The number of rotatable bonds is 5. The molecule has 0 amide bonds. The molecular formula is C19H21ClO. The molecule has 0 atom stereocenters. The zero-order valence-corrected chi connectivity index (χ0v) is 13.4. The molecule has 21 heavy (non-hydrogen) atoms. The highest BCUT2D eigenvalue weighted by atomic mass is 35.5. The molecule has 2 aromatic rings. The molecule has 0 N–H and O–H groups in total. The first kappa shape index (κ1) is 15.7. The summed E-state index contributed by atoms with van der Waals surface area (Å²) in [6.07, 6.45) is 3.08. The zero-order chi connectivity index (χ0) is 15.1. The van der Waals surface area contributed by atoms with Gasteiger partial charge in [0.25, 0.3) is 0 Å². The summed E-state index contributed by atoms with van der Waals surface area (Å²) in [7, 11) is 0. The Labute approximate surface area is 132 Å². The van der Waals surface area contributed by atoms with E-state index in [1.165, 1.54) is 10.8 Å². The van der Waals surface area contributed by atoms with Crippen LogP contribution in [0.4, 0.5) is 0 Å². The van der Waals surface area contributed by atoms with Gasteiger partial charge in [0.05, 0.1) is 6.10 Å². The van der Waals surface area contributed by atoms with E-state index in [4.69, 9.17) is 16.3 Å². The quantitative estimate of drug-likeness (QED) is 0.531. The van der Waals surface area contributed by atoms with Crippen LogP contribution in [0.3, 0.4) is 0 Å². The molecule has 0 radical (unpaired) electrons. The Morgan fingerprint density at radius 2 is 1.76 bits per heavy atom. The van der Waals surface area contributed by atoms with Crippen molar-refractivity contribution in [2.75, 3.05) is 5.88 Å². The van der Waals surface area contributed by atoms with Crippen LogP contribution in [0.2, 0.25) is 0 Å². The highest BCUT2D eigenvalue weighted by molar-refractivity contribution is 6.18. The SMILES string of the molecule is CCC(CC)Oc1ccc2cc(C#CCCCl)ccc2c1. The number of alkyl halides is 1. The van der Waals surface area contributed by atoms with Crippen LogP contribution in [0.15, 0.2) is 36.4 Å². The minimum Gasteiger partial charge on any atom is -0.490 e. The van der Waals surface area contributed by atoms with Crippen LogP contribution in [0.25, 0.3) is 10.8 Å². The summed E-state index contributed by atoms with van der Waals surface area (Å²) >= 11 is 5.63. The average Bonchev–Trinajstić information content (AvgIpc) is 2.52. The first-order valence-electron chi connectivity index (χ1n) is 7.52. The van der Waals surface area contributed by atoms with E-state index in [9.17, 15) is 0 Å². The lowest BCUT2D eigenvalue weighted by molar-refractivity contribution is 0.193. The smallest absolute Gasteiger partial charge is 0.120 e. The van der Waals surface area contributed by atoms with E-state index in [0.717, 1.165) is 30.6 Å². The lowest BCUT2D eigenvalue weighted by Crippen LogP contribution is -2.13. The summed E-state index contributed by atoms with van der Waals surface area (Å²) in [6, 6.07) is 12.5. The van der Waals surface area contributed by atoms with Crippen molar-refractivity contribution < 1.29 is 4.74 Å². The van der Waals surface area contributed by atoms with Gasteiger partial charge >= 0.3 is 0 Å². The van der Waals surface area contributed by atoms with Crippen LogP contribution in [-0.4, -0.2) is 12.0 Å². The maximum absolute atomic E-state index is 5.99. The largest absolute Gasteiger partial charge is 0.490 e. The van der Waals surface area contributed by atoms with Crippen molar-refractivity contribution in [1.82, 2.24) is 0 Å². The Balaban J connectivity index is 2.21. The number of hydrogen-bond donors (Lipinski definition) is 0. The predicted octanol–water partition coefficient (Wildman–Crippen LogP) is 5.39. The maximum atomic E-state index is 5.99. The molecule has 0 saturated heterocycles. The standard InChI is InChI=1S/C19H21ClO/c1-3-18(4-2)21-19-11-10-16-13-15(7-5-6-12-20)8-9-17(16)14-19/h8-11,13-14,18H,3-4,6,12H2,1-2H3. The van der Waals surface area contributed by atoms with Crippen molar-refractivity contribution in [1.29, 1.82) is 0 Å². The summed E-state index contributed by atoms with van der Waals surface area (Å²) in [6.45, 7) is 4.31. The lowest BCUT2D eigenvalue weighted by Gasteiger charge is -2.16. The fraction of sp³-hybridized carbons (Fsp3) is 0.368. The van der Waals surface area contributed by atoms with E-state index >= 15 is 0 Å². The molecule has 0 aliphatic rings. The van der Waals surface area contributed by atoms with Crippen LogP contribution in [0, 0.1) is 11.8 Å². The fourth-order valence-electron chi connectivity index (χ4n) is 2.23. The van der Waals surface area contributed by atoms with E-state index in [2.05, 4.69) is 50.0 Å². The van der Waals surface area contributed by atoms with E-state index < -0.39 is 0 Å². The molecule has 0 bridgehead atoms. The Bertz CT molecular complexity index is 647. The summed E-state index contributed by atoms with van der Waals surface area (Å²) in [4.78, 5) is 0. The van der Waals surface area contributed by atoms with Gasteiger partial charge in [0.1, 0.15) is 5.75 Å². The van der Waals surface area contributed by atoms with Gasteiger partial charge in [-0.15, -0.1) is 11.6 Å². The Hall–Kier alpha value is -1.65. The molecule has 0 heterocycles. The number of hydrogen-bond acceptors (Lipinski definition) is 1. The normalized spacial score (nSPS) is 10.5. The van der Waals surface area contributed by atoms with Crippen LogP contribution in [0.1, 0.15) is 38.7 Å². The molecule has 0 saturated carbocycles. The van der Waals surface area contributed by atoms with Crippen molar-refractivity contribution >= 4 is 22.4 Å². The number of benzene rings is 2. The topological polar surface area (TPSA) is 9.23 Å². The highest BCUT2D eigenvalue weighted by Gasteiger charge is 2.05. The van der Waals surface area contributed by atoms with Gasteiger partial charge in [-0.2, -0.15) is 0 Å². The first-order valence-corrected chi connectivity index (χ1v) is 8.05. The third-order valence-corrected chi connectivity index (χ3v) is 3.67. The number of fused-ring (bicyclic) bond motifs is 1. The van der Waals surface area contributed by atoms with Crippen molar-refractivity contribution in [3.8, 4) is 17.6 Å². The van der Waals surface area contributed by atoms with Crippen LogP contribution in [0.5, 0.6) is 5.75 Å². The Kier molecular flexibility index (Phi) is 5.96.